The molecule has 0 aliphatic heterocycles. The van der Waals surface area contributed by atoms with Crippen LogP contribution in [0.1, 0.15) is 42.4 Å². The van der Waals surface area contributed by atoms with Gasteiger partial charge >= 0.3 is 0 Å². The highest BCUT2D eigenvalue weighted by Gasteiger charge is 2.32. The summed E-state index contributed by atoms with van der Waals surface area (Å²) in [5.74, 6) is 0.717. The van der Waals surface area contributed by atoms with Gasteiger partial charge in [-0.3, -0.25) is 0 Å². The van der Waals surface area contributed by atoms with Crippen molar-refractivity contribution in [3.63, 3.8) is 0 Å². The highest BCUT2D eigenvalue weighted by Crippen LogP contribution is 2.32. The zero-order valence-corrected chi connectivity index (χ0v) is 14.1. The van der Waals surface area contributed by atoms with Crippen LogP contribution in [0.3, 0.4) is 0 Å². The number of nitrogens with zero attached hydrogens (tertiary/aromatic N) is 1. The molecule has 0 radical (unpaired) electrons. The van der Waals surface area contributed by atoms with Gasteiger partial charge in [0.1, 0.15) is 0 Å². The number of aryl methyl sites for hydroxylation is 1. The maximum atomic E-state index is 12.8. The third kappa shape index (κ3) is 3.08. The Morgan fingerprint density at radius 2 is 1.95 bits per heavy atom. The zero-order valence-electron chi connectivity index (χ0n) is 12.4. The SMILES string of the molecule is Cc1sc(CN)cc1S(=O)(=O)N(C)C1CCC(C)CC1. The van der Waals surface area contributed by atoms with Crippen molar-refractivity contribution in [3.05, 3.63) is 15.8 Å². The molecule has 114 valence electrons. The van der Waals surface area contributed by atoms with Crippen molar-refractivity contribution in [1.29, 1.82) is 0 Å². The summed E-state index contributed by atoms with van der Waals surface area (Å²) >= 11 is 1.47. The first kappa shape index (κ1) is 15.9. The van der Waals surface area contributed by atoms with E-state index in [-0.39, 0.29) is 6.04 Å². The fraction of sp³-hybridized carbons (Fsp3) is 0.714. The van der Waals surface area contributed by atoms with Crippen molar-refractivity contribution in [1.82, 2.24) is 4.31 Å². The van der Waals surface area contributed by atoms with Gasteiger partial charge in [-0.05, 0) is 44.6 Å². The van der Waals surface area contributed by atoms with E-state index in [4.69, 9.17) is 5.73 Å². The second-order valence-corrected chi connectivity index (χ2v) is 9.08. The van der Waals surface area contributed by atoms with Gasteiger partial charge in [-0.1, -0.05) is 6.92 Å². The molecule has 0 atom stereocenters. The standard InChI is InChI=1S/C14H24N2O2S2/c1-10-4-6-12(7-5-10)16(3)20(17,18)14-8-13(9-15)19-11(14)2/h8,10,12H,4-7,9,15H2,1-3H3. The Labute approximate surface area is 126 Å². The van der Waals surface area contributed by atoms with Crippen LogP contribution < -0.4 is 5.73 Å². The minimum absolute atomic E-state index is 0.136. The number of thiophene rings is 1. The Hall–Kier alpha value is -0.430. The Morgan fingerprint density at radius 1 is 1.35 bits per heavy atom. The van der Waals surface area contributed by atoms with Crippen LogP contribution in [0.25, 0.3) is 0 Å². The summed E-state index contributed by atoms with van der Waals surface area (Å²) in [5, 5.41) is 0. The maximum Gasteiger partial charge on any atom is 0.244 e. The Morgan fingerprint density at radius 3 is 2.45 bits per heavy atom. The number of nitrogens with two attached hydrogens (primary N) is 1. The van der Waals surface area contributed by atoms with Crippen LogP contribution in [0.5, 0.6) is 0 Å². The lowest BCUT2D eigenvalue weighted by molar-refractivity contribution is 0.246. The first-order chi connectivity index (χ1) is 9.36. The largest absolute Gasteiger partial charge is 0.326 e. The van der Waals surface area contributed by atoms with Gasteiger partial charge in [0.2, 0.25) is 10.0 Å². The maximum absolute atomic E-state index is 12.8. The third-order valence-electron chi connectivity index (χ3n) is 4.28. The van der Waals surface area contributed by atoms with E-state index in [0.29, 0.717) is 17.4 Å². The number of rotatable bonds is 4. The quantitative estimate of drug-likeness (QED) is 0.929. The molecule has 0 spiro atoms. The van der Waals surface area contributed by atoms with Crippen LogP contribution >= 0.6 is 11.3 Å². The third-order valence-corrected chi connectivity index (χ3v) is 7.52. The smallest absolute Gasteiger partial charge is 0.244 e. The molecule has 0 amide bonds. The van der Waals surface area contributed by atoms with E-state index in [0.717, 1.165) is 35.4 Å². The summed E-state index contributed by atoms with van der Waals surface area (Å²) < 4.78 is 27.1. The first-order valence-corrected chi connectivity index (χ1v) is 9.39. The van der Waals surface area contributed by atoms with Gasteiger partial charge in [-0.15, -0.1) is 11.3 Å². The van der Waals surface area contributed by atoms with Crippen molar-refractivity contribution >= 4 is 21.4 Å². The van der Waals surface area contributed by atoms with Gasteiger partial charge in [-0.25, -0.2) is 8.42 Å². The molecule has 20 heavy (non-hydrogen) atoms. The van der Waals surface area contributed by atoms with Crippen molar-refractivity contribution in [2.45, 2.75) is 57.0 Å². The van der Waals surface area contributed by atoms with Crippen LogP contribution in [0.2, 0.25) is 0 Å². The summed E-state index contributed by atoms with van der Waals surface area (Å²) in [7, 11) is -1.67. The average Bonchev–Trinajstić information content (AvgIpc) is 2.81. The molecular weight excluding hydrogens is 292 g/mol. The Kier molecular flexibility index (Phi) is 4.89. The Balaban J connectivity index is 2.22. The van der Waals surface area contributed by atoms with Gasteiger partial charge < -0.3 is 5.73 Å². The molecule has 1 fully saturated rings. The predicted molar refractivity (Wildman–Crippen MR) is 83.3 cm³/mol. The molecule has 1 saturated carbocycles. The van der Waals surface area contributed by atoms with E-state index >= 15 is 0 Å². The van der Waals surface area contributed by atoms with Gasteiger partial charge in [0.15, 0.2) is 0 Å². The zero-order chi connectivity index (χ0) is 14.9. The van der Waals surface area contributed by atoms with Gasteiger partial charge in [0.25, 0.3) is 0 Å². The highest BCUT2D eigenvalue weighted by atomic mass is 32.2. The van der Waals surface area contributed by atoms with Crippen molar-refractivity contribution in [2.75, 3.05) is 7.05 Å². The molecule has 1 aromatic heterocycles. The predicted octanol–water partition coefficient (Wildman–Crippen LogP) is 2.71. The Bertz CT molecular complexity index is 558. The summed E-state index contributed by atoms with van der Waals surface area (Å²) in [4.78, 5) is 2.19. The molecule has 0 aromatic carbocycles. The molecule has 0 saturated heterocycles. The monoisotopic (exact) mass is 316 g/mol. The fourth-order valence-electron chi connectivity index (χ4n) is 2.84. The molecule has 1 aliphatic rings. The second kappa shape index (κ2) is 6.13. The molecule has 6 heteroatoms. The normalized spacial score (nSPS) is 24.2. The van der Waals surface area contributed by atoms with Crippen molar-refractivity contribution < 1.29 is 8.42 Å². The van der Waals surface area contributed by atoms with E-state index in [1.54, 1.807) is 17.4 Å². The van der Waals surface area contributed by atoms with E-state index in [1.807, 2.05) is 6.92 Å². The van der Waals surface area contributed by atoms with E-state index < -0.39 is 10.0 Å². The van der Waals surface area contributed by atoms with Crippen molar-refractivity contribution in [3.8, 4) is 0 Å². The lowest BCUT2D eigenvalue weighted by atomic mass is 9.87. The first-order valence-electron chi connectivity index (χ1n) is 7.13. The van der Waals surface area contributed by atoms with Gasteiger partial charge in [-0.2, -0.15) is 4.31 Å². The fourth-order valence-corrected chi connectivity index (χ4v) is 5.73. The number of hydrogen-bond acceptors (Lipinski definition) is 4. The van der Waals surface area contributed by atoms with Crippen LogP contribution in [0.15, 0.2) is 11.0 Å². The summed E-state index contributed by atoms with van der Waals surface area (Å²) in [6.07, 6.45) is 4.15. The van der Waals surface area contributed by atoms with Gasteiger partial charge in [0, 0.05) is 29.4 Å². The molecule has 1 aromatic rings. The lowest BCUT2D eigenvalue weighted by Crippen LogP contribution is -2.39. The number of sulfonamides is 1. The minimum Gasteiger partial charge on any atom is -0.326 e. The molecule has 2 rings (SSSR count). The molecule has 1 heterocycles. The molecule has 0 bridgehead atoms. The molecular formula is C14H24N2O2S2. The van der Waals surface area contributed by atoms with E-state index in [9.17, 15) is 8.42 Å². The average molecular weight is 316 g/mol. The summed E-state index contributed by atoms with van der Waals surface area (Å²) in [6, 6.07) is 1.87. The van der Waals surface area contributed by atoms with E-state index in [2.05, 4.69) is 6.92 Å². The lowest BCUT2D eigenvalue weighted by Gasteiger charge is -2.32. The molecule has 0 unspecified atom stereocenters. The minimum atomic E-state index is -3.39. The van der Waals surface area contributed by atoms with E-state index in [1.165, 1.54) is 11.3 Å². The molecule has 1 aliphatic carbocycles. The molecule has 2 N–H and O–H groups in total. The van der Waals surface area contributed by atoms with Crippen LogP contribution in [0.4, 0.5) is 0 Å². The second-order valence-electron chi connectivity index (χ2n) is 5.77. The highest BCUT2D eigenvalue weighted by molar-refractivity contribution is 7.89. The molecule has 4 nitrogen and oxygen atoms in total. The van der Waals surface area contributed by atoms with Gasteiger partial charge in [0.05, 0.1) is 4.90 Å². The van der Waals surface area contributed by atoms with Crippen LogP contribution in [-0.2, 0) is 16.6 Å². The van der Waals surface area contributed by atoms with Crippen molar-refractivity contribution in [2.24, 2.45) is 11.7 Å². The summed E-state index contributed by atoms with van der Waals surface area (Å²) in [6.45, 7) is 4.49. The van der Waals surface area contributed by atoms with Crippen LogP contribution in [-0.4, -0.2) is 25.8 Å². The summed E-state index contributed by atoms with van der Waals surface area (Å²) in [5.41, 5.74) is 5.61. The van der Waals surface area contributed by atoms with Crippen LogP contribution in [0, 0.1) is 12.8 Å². The topological polar surface area (TPSA) is 63.4 Å². The number of hydrogen-bond donors (Lipinski definition) is 1.